The first-order chi connectivity index (χ1) is 12.1. The number of ether oxygens (including phenoxy) is 2. The highest BCUT2D eigenvalue weighted by Crippen LogP contribution is 2.23. The maximum atomic E-state index is 11.2. The Morgan fingerprint density at radius 3 is 2.64 bits per heavy atom. The minimum atomic E-state index is -0.495. The van der Waals surface area contributed by atoms with Crippen LogP contribution in [0.2, 0.25) is 0 Å². The molecule has 1 unspecified atom stereocenters. The number of non-ortho nitro benzene ring substituents is 1. The predicted octanol–water partition coefficient (Wildman–Crippen LogP) is 3.60. The lowest BCUT2D eigenvalue weighted by Gasteiger charge is -2.18. The van der Waals surface area contributed by atoms with E-state index in [0.29, 0.717) is 13.0 Å². The Morgan fingerprint density at radius 1 is 1.20 bits per heavy atom. The third kappa shape index (κ3) is 5.89. The topological polar surface area (TPSA) is 90.7 Å². The van der Waals surface area contributed by atoms with Gasteiger partial charge in [-0.2, -0.15) is 0 Å². The second-order valence-electron chi connectivity index (χ2n) is 5.34. The molecule has 2 aromatic rings. The second kappa shape index (κ2) is 9.39. The number of hydrogen-bond acceptors (Lipinski definition) is 5. The van der Waals surface area contributed by atoms with Crippen LogP contribution in [-0.4, -0.2) is 24.7 Å². The van der Waals surface area contributed by atoms with Crippen LogP contribution in [0.1, 0.15) is 23.7 Å². The lowest BCUT2D eigenvalue weighted by Crippen LogP contribution is -2.25. The standard InChI is InChI=1S/C18H20N2O5/c1-24-18(21)19-11-10-17(15-7-3-2-4-8-15)25-13-14-6-5-9-16(12-14)20(22)23/h2-9,12,17H,10-11,13H2,1H3,(H,19,21). The fraction of sp³-hybridized carbons (Fsp3) is 0.278. The summed E-state index contributed by atoms with van der Waals surface area (Å²) in [7, 11) is 1.31. The molecule has 0 aliphatic rings. The van der Waals surface area contributed by atoms with E-state index in [2.05, 4.69) is 10.1 Å². The minimum absolute atomic E-state index is 0.0321. The number of alkyl carbamates (subject to hydrolysis) is 1. The zero-order valence-electron chi connectivity index (χ0n) is 13.9. The molecule has 0 aliphatic carbocycles. The maximum Gasteiger partial charge on any atom is 0.406 e. The molecule has 2 aromatic carbocycles. The number of hydrogen-bond donors (Lipinski definition) is 1. The fourth-order valence-corrected chi connectivity index (χ4v) is 2.35. The van der Waals surface area contributed by atoms with Crippen molar-refractivity contribution in [3.63, 3.8) is 0 Å². The molecule has 0 aliphatic heterocycles. The van der Waals surface area contributed by atoms with Gasteiger partial charge in [0.25, 0.3) is 5.69 Å². The molecule has 7 heteroatoms. The van der Waals surface area contributed by atoms with Gasteiger partial charge in [-0.05, 0) is 17.5 Å². The molecule has 132 valence electrons. The Hall–Kier alpha value is -2.93. The summed E-state index contributed by atoms with van der Waals surface area (Å²) in [5.41, 5.74) is 1.72. The molecular formula is C18H20N2O5. The van der Waals surface area contributed by atoms with Gasteiger partial charge < -0.3 is 14.8 Å². The number of nitrogens with one attached hydrogen (secondary N) is 1. The predicted molar refractivity (Wildman–Crippen MR) is 92.1 cm³/mol. The summed E-state index contributed by atoms with van der Waals surface area (Å²) >= 11 is 0. The van der Waals surface area contributed by atoms with Crippen molar-refractivity contribution in [1.29, 1.82) is 0 Å². The smallest absolute Gasteiger partial charge is 0.406 e. The number of amides is 1. The first-order valence-corrected chi connectivity index (χ1v) is 7.82. The SMILES string of the molecule is COC(=O)NCCC(OCc1cccc([N+](=O)[O-])c1)c1ccccc1. The van der Waals surface area contributed by atoms with E-state index in [1.807, 2.05) is 30.3 Å². The number of carbonyl (C=O) groups excluding carboxylic acids is 1. The highest BCUT2D eigenvalue weighted by molar-refractivity contribution is 5.66. The molecule has 1 N–H and O–H groups in total. The fourth-order valence-electron chi connectivity index (χ4n) is 2.35. The van der Waals surface area contributed by atoms with Gasteiger partial charge >= 0.3 is 6.09 Å². The van der Waals surface area contributed by atoms with Crippen molar-refractivity contribution < 1.29 is 19.2 Å². The molecule has 0 heterocycles. The molecule has 1 amide bonds. The largest absolute Gasteiger partial charge is 0.453 e. The van der Waals surface area contributed by atoms with Gasteiger partial charge in [0, 0.05) is 18.7 Å². The van der Waals surface area contributed by atoms with Gasteiger partial charge in [-0.3, -0.25) is 10.1 Å². The van der Waals surface area contributed by atoms with Crippen molar-refractivity contribution >= 4 is 11.8 Å². The summed E-state index contributed by atoms with van der Waals surface area (Å²) in [6.45, 7) is 0.626. The zero-order chi connectivity index (χ0) is 18.1. The van der Waals surface area contributed by atoms with E-state index in [-0.39, 0.29) is 18.4 Å². The van der Waals surface area contributed by atoms with Crippen LogP contribution in [0.4, 0.5) is 10.5 Å². The summed E-state index contributed by atoms with van der Waals surface area (Å²) in [6.07, 6.45) is -0.197. The van der Waals surface area contributed by atoms with Gasteiger partial charge in [-0.1, -0.05) is 42.5 Å². The van der Waals surface area contributed by atoms with Crippen LogP contribution in [0.5, 0.6) is 0 Å². The van der Waals surface area contributed by atoms with Gasteiger partial charge in [0.2, 0.25) is 0 Å². The van der Waals surface area contributed by atoms with Gasteiger partial charge in [-0.25, -0.2) is 4.79 Å². The number of nitrogens with zero attached hydrogens (tertiary/aromatic N) is 1. The normalized spacial score (nSPS) is 11.6. The average molecular weight is 344 g/mol. The lowest BCUT2D eigenvalue weighted by atomic mass is 10.1. The Morgan fingerprint density at radius 2 is 1.96 bits per heavy atom. The monoisotopic (exact) mass is 344 g/mol. The quantitative estimate of drug-likeness (QED) is 0.583. The van der Waals surface area contributed by atoms with Gasteiger partial charge in [0.15, 0.2) is 0 Å². The van der Waals surface area contributed by atoms with Crippen LogP contribution in [0, 0.1) is 10.1 Å². The molecule has 7 nitrogen and oxygen atoms in total. The first kappa shape index (κ1) is 18.4. The minimum Gasteiger partial charge on any atom is -0.453 e. The number of rotatable bonds is 8. The zero-order valence-corrected chi connectivity index (χ0v) is 13.9. The first-order valence-electron chi connectivity index (χ1n) is 7.82. The molecule has 0 fully saturated rings. The molecule has 2 rings (SSSR count). The molecule has 0 bridgehead atoms. The maximum absolute atomic E-state index is 11.2. The van der Waals surface area contributed by atoms with Crippen LogP contribution in [0.3, 0.4) is 0 Å². The van der Waals surface area contributed by atoms with Gasteiger partial charge in [-0.15, -0.1) is 0 Å². The third-order valence-corrected chi connectivity index (χ3v) is 3.61. The number of nitro groups is 1. The highest BCUT2D eigenvalue weighted by atomic mass is 16.6. The molecule has 25 heavy (non-hydrogen) atoms. The lowest BCUT2D eigenvalue weighted by molar-refractivity contribution is -0.385. The summed E-state index contributed by atoms with van der Waals surface area (Å²) in [4.78, 5) is 21.6. The number of nitro benzene ring substituents is 1. The highest BCUT2D eigenvalue weighted by Gasteiger charge is 2.14. The number of methoxy groups -OCH3 is 1. The van der Waals surface area contributed by atoms with E-state index in [4.69, 9.17) is 4.74 Å². The average Bonchev–Trinajstić information content (AvgIpc) is 2.65. The van der Waals surface area contributed by atoms with Crippen molar-refractivity contribution in [2.24, 2.45) is 0 Å². The summed E-state index contributed by atoms with van der Waals surface area (Å²) < 4.78 is 10.5. The van der Waals surface area contributed by atoms with Crippen molar-refractivity contribution in [3.05, 3.63) is 75.8 Å². The number of benzene rings is 2. The van der Waals surface area contributed by atoms with Crippen LogP contribution in [0.25, 0.3) is 0 Å². The van der Waals surface area contributed by atoms with E-state index in [1.54, 1.807) is 12.1 Å². The van der Waals surface area contributed by atoms with E-state index < -0.39 is 11.0 Å². The summed E-state index contributed by atoms with van der Waals surface area (Å²) in [5, 5.41) is 13.5. The van der Waals surface area contributed by atoms with Gasteiger partial charge in [0.05, 0.1) is 24.7 Å². The Labute approximate surface area is 145 Å². The van der Waals surface area contributed by atoms with Crippen molar-refractivity contribution in [2.45, 2.75) is 19.1 Å². The molecule has 0 aromatic heterocycles. The molecule has 0 saturated carbocycles. The van der Waals surface area contributed by atoms with Gasteiger partial charge in [0.1, 0.15) is 0 Å². The second-order valence-corrected chi connectivity index (χ2v) is 5.34. The molecule has 0 spiro atoms. The van der Waals surface area contributed by atoms with Crippen molar-refractivity contribution in [1.82, 2.24) is 5.32 Å². The molecule has 1 atom stereocenters. The van der Waals surface area contributed by atoms with E-state index in [0.717, 1.165) is 11.1 Å². The van der Waals surface area contributed by atoms with E-state index in [9.17, 15) is 14.9 Å². The molecular weight excluding hydrogens is 324 g/mol. The summed E-state index contributed by atoms with van der Waals surface area (Å²) in [5.74, 6) is 0. The summed E-state index contributed by atoms with van der Waals surface area (Å²) in [6, 6.07) is 16.0. The number of carbonyl (C=O) groups is 1. The van der Waals surface area contributed by atoms with Crippen molar-refractivity contribution in [2.75, 3.05) is 13.7 Å². The van der Waals surface area contributed by atoms with E-state index >= 15 is 0 Å². The van der Waals surface area contributed by atoms with Crippen LogP contribution in [-0.2, 0) is 16.1 Å². The molecule has 0 radical (unpaired) electrons. The molecule has 0 saturated heterocycles. The van der Waals surface area contributed by atoms with Crippen LogP contribution >= 0.6 is 0 Å². The van der Waals surface area contributed by atoms with Crippen LogP contribution in [0.15, 0.2) is 54.6 Å². The Kier molecular flexibility index (Phi) is 6.91. The van der Waals surface area contributed by atoms with E-state index in [1.165, 1.54) is 19.2 Å². The van der Waals surface area contributed by atoms with Crippen molar-refractivity contribution in [3.8, 4) is 0 Å². The third-order valence-electron chi connectivity index (χ3n) is 3.61. The van der Waals surface area contributed by atoms with Crippen LogP contribution < -0.4 is 5.32 Å². The Bertz CT molecular complexity index is 706. The Balaban J connectivity index is 2.01.